The smallest absolute Gasteiger partial charge is 0.274 e. The van der Waals surface area contributed by atoms with Crippen molar-refractivity contribution in [2.75, 3.05) is 11.4 Å². The minimum atomic E-state index is -0.551. The molecule has 0 aliphatic heterocycles. The first-order valence-electron chi connectivity index (χ1n) is 9.15. The summed E-state index contributed by atoms with van der Waals surface area (Å²) < 4.78 is 2.14. The van der Waals surface area contributed by atoms with Crippen molar-refractivity contribution in [2.45, 2.75) is 33.7 Å². The van der Waals surface area contributed by atoms with Crippen LogP contribution in [0.5, 0.6) is 0 Å². The highest BCUT2D eigenvalue weighted by molar-refractivity contribution is 5.93. The third-order valence-corrected chi connectivity index (χ3v) is 4.50. The van der Waals surface area contributed by atoms with Gasteiger partial charge in [-0.3, -0.25) is 10.0 Å². The van der Waals surface area contributed by atoms with Crippen LogP contribution >= 0.6 is 0 Å². The molecule has 28 heavy (non-hydrogen) atoms. The monoisotopic (exact) mass is 380 g/mol. The van der Waals surface area contributed by atoms with Crippen LogP contribution in [-0.4, -0.2) is 37.2 Å². The number of imidazole rings is 1. The predicted molar refractivity (Wildman–Crippen MR) is 107 cm³/mol. The fraction of sp³-hybridized carbons (Fsp3) is 0.300. The molecule has 1 amide bonds. The number of carbonyl (C=O) groups is 1. The van der Waals surface area contributed by atoms with Crippen LogP contribution in [0.25, 0.3) is 11.4 Å². The number of hydroxylamine groups is 1. The Morgan fingerprint density at radius 3 is 2.54 bits per heavy atom. The van der Waals surface area contributed by atoms with Gasteiger partial charge in [0, 0.05) is 30.0 Å². The summed E-state index contributed by atoms with van der Waals surface area (Å²) in [6, 6.07) is 9.03. The maximum absolute atomic E-state index is 11.5. The summed E-state index contributed by atoms with van der Waals surface area (Å²) in [5.41, 5.74) is 4.60. The number of benzene rings is 1. The van der Waals surface area contributed by atoms with Gasteiger partial charge in [0.25, 0.3) is 5.91 Å². The van der Waals surface area contributed by atoms with Gasteiger partial charge in [-0.2, -0.15) is 0 Å². The lowest BCUT2D eigenvalue weighted by atomic mass is 10.2. The van der Waals surface area contributed by atoms with Gasteiger partial charge in [-0.1, -0.05) is 0 Å². The molecular formula is C20H24N6O2. The number of hydrogen-bond acceptors (Lipinski definition) is 6. The van der Waals surface area contributed by atoms with E-state index in [1.807, 2.05) is 31.0 Å². The summed E-state index contributed by atoms with van der Waals surface area (Å²) in [7, 11) is 0. The fourth-order valence-corrected chi connectivity index (χ4v) is 3.21. The Morgan fingerprint density at radius 2 is 1.93 bits per heavy atom. The summed E-state index contributed by atoms with van der Waals surface area (Å²) >= 11 is 0. The lowest BCUT2D eigenvalue weighted by Gasteiger charge is -2.22. The Balaban J connectivity index is 1.97. The third kappa shape index (κ3) is 3.72. The molecule has 0 saturated heterocycles. The van der Waals surface area contributed by atoms with E-state index in [4.69, 9.17) is 10.2 Å². The van der Waals surface area contributed by atoms with Crippen molar-refractivity contribution in [2.24, 2.45) is 0 Å². The van der Waals surface area contributed by atoms with Gasteiger partial charge in [0.2, 0.25) is 5.95 Å². The number of nitrogens with zero attached hydrogens (tertiary/aromatic N) is 5. The average molecular weight is 380 g/mol. The molecule has 0 aliphatic rings. The van der Waals surface area contributed by atoms with Gasteiger partial charge >= 0.3 is 0 Å². The maximum Gasteiger partial charge on any atom is 0.274 e. The molecule has 0 fully saturated rings. The van der Waals surface area contributed by atoms with E-state index < -0.39 is 5.91 Å². The van der Waals surface area contributed by atoms with Crippen LogP contribution in [0.4, 0.5) is 11.6 Å². The van der Waals surface area contributed by atoms with E-state index in [9.17, 15) is 4.79 Å². The van der Waals surface area contributed by atoms with Crippen LogP contribution in [0.1, 0.15) is 43.0 Å². The molecule has 8 heteroatoms. The molecule has 2 aromatic heterocycles. The van der Waals surface area contributed by atoms with Gasteiger partial charge in [0.15, 0.2) is 0 Å². The Labute approximate surface area is 163 Å². The summed E-state index contributed by atoms with van der Waals surface area (Å²) in [4.78, 5) is 27.1. The van der Waals surface area contributed by atoms with E-state index in [1.165, 1.54) is 0 Å². The highest BCUT2D eigenvalue weighted by atomic mass is 16.5. The second-order valence-electron chi connectivity index (χ2n) is 6.63. The normalized spacial score (nSPS) is 10.9. The van der Waals surface area contributed by atoms with Crippen molar-refractivity contribution in [3.05, 3.63) is 54.1 Å². The van der Waals surface area contributed by atoms with Gasteiger partial charge in [-0.05, 0) is 58.0 Å². The SMILES string of the molecule is CCN(c1ccc(C(=O)NO)cc1)c1nccc(-c2cnc(C)n2C(C)C)n1. The minimum Gasteiger partial charge on any atom is -0.324 e. The van der Waals surface area contributed by atoms with Crippen LogP contribution in [0.15, 0.2) is 42.7 Å². The van der Waals surface area contributed by atoms with Crippen LogP contribution in [-0.2, 0) is 0 Å². The van der Waals surface area contributed by atoms with Crippen LogP contribution in [0.3, 0.4) is 0 Å². The number of rotatable bonds is 6. The third-order valence-electron chi connectivity index (χ3n) is 4.50. The molecule has 2 heterocycles. The van der Waals surface area contributed by atoms with E-state index in [1.54, 1.807) is 35.9 Å². The first-order chi connectivity index (χ1) is 13.5. The van der Waals surface area contributed by atoms with Crippen molar-refractivity contribution >= 4 is 17.5 Å². The molecule has 0 spiro atoms. The first kappa shape index (κ1) is 19.5. The Bertz CT molecular complexity index is 965. The quantitative estimate of drug-likeness (QED) is 0.502. The molecule has 0 aliphatic carbocycles. The van der Waals surface area contributed by atoms with Crippen molar-refractivity contribution < 1.29 is 10.0 Å². The van der Waals surface area contributed by atoms with Crippen molar-refractivity contribution in [3.8, 4) is 11.4 Å². The number of nitrogens with one attached hydrogen (secondary N) is 1. The van der Waals surface area contributed by atoms with Gasteiger partial charge in [-0.15, -0.1) is 0 Å². The molecule has 3 aromatic rings. The lowest BCUT2D eigenvalue weighted by molar-refractivity contribution is 0.0706. The van der Waals surface area contributed by atoms with Crippen molar-refractivity contribution in [3.63, 3.8) is 0 Å². The fourth-order valence-electron chi connectivity index (χ4n) is 3.21. The highest BCUT2D eigenvalue weighted by Crippen LogP contribution is 2.27. The zero-order valence-corrected chi connectivity index (χ0v) is 16.4. The van der Waals surface area contributed by atoms with Crippen LogP contribution in [0, 0.1) is 6.92 Å². The number of carbonyl (C=O) groups excluding carboxylic acids is 1. The van der Waals surface area contributed by atoms with E-state index in [0.29, 0.717) is 18.1 Å². The molecule has 0 radical (unpaired) electrons. The second kappa shape index (κ2) is 8.18. The number of amides is 1. The minimum absolute atomic E-state index is 0.267. The average Bonchev–Trinajstić information content (AvgIpc) is 3.10. The van der Waals surface area contributed by atoms with Crippen molar-refractivity contribution in [1.82, 2.24) is 25.0 Å². The molecule has 3 rings (SSSR count). The topological polar surface area (TPSA) is 96.2 Å². The molecule has 2 N–H and O–H groups in total. The summed E-state index contributed by atoms with van der Waals surface area (Å²) in [5, 5.41) is 8.76. The highest BCUT2D eigenvalue weighted by Gasteiger charge is 2.16. The van der Waals surface area contributed by atoms with Gasteiger partial charge in [0.1, 0.15) is 5.82 Å². The zero-order chi connectivity index (χ0) is 20.3. The Morgan fingerprint density at radius 1 is 1.21 bits per heavy atom. The first-order valence-corrected chi connectivity index (χ1v) is 9.15. The molecular weight excluding hydrogens is 356 g/mol. The molecule has 0 bridgehead atoms. The summed E-state index contributed by atoms with van der Waals surface area (Å²) in [5.74, 6) is 0.953. The van der Waals surface area contributed by atoms with E-state index >= 15 is 0 Å². The van der Waals surface area contributed by atoms with E-state index in [0.717, 1.165) is 22.9 Å². The molecule has 0 atom stereocenters. The number of hydrogen-bond donors (Lipinski definition) is 2. The molecule has 1 aromatic carbocycles. The van der Waals surface area contributed by atoms with Crippen LogP contribution < -0.4 is 10.4 Å². The molecule has 146 valence electrons. The second-order valence-corrected chi connectivity index (χ2v) is 6.63. The zero-order valence-electron chi connectivity index (χ0n) is 16.4. The van der Waals surface area contributed by atoms with Gasteiger partial charge < -0.3 is 9.47 Å². The summed E-state index contributed by atoms with van der Waals surface area (Å²) in [6.07, 6.45) is 3.57. The predicted octanol–water partition coefficient (Wildman–Crippen LogP) is 3.51. The number of aromatic nitrogens is 4. The number of anilines is 2. The van der Waals surface area contributed by atoms with Gasteiger partial charge in [0.05, 0.1) is 17.6 Å². The van der Waals surface area contributed by atoms with Crippen molar-refractivity contribution in [1.29, 1.82) is 0 Å². The lowest BCUT2D eigenvalue weighted by Crippen LogP contribution is -2.20. The van der Waals surface area contributed by atoms with Crippen LogP contribution in [0.2, 0.25) is 0 Å². The number of aryl methyl sites for hydroxylation is 1. The Kier molecular flexibility index (Phi) is 5.70. The summed E-state index contributed by atoms with van der Waals surface area (Å²) in [6.45, 7) is 8.86. The maximum atomic E-state index is 11.5. The van der Waals surface area contributed by atoms with E-state index in [-0.39, 0.29) is 6.04 Å². The van der Waals surface area contributed by atoms with Gasteiger partial charge in [-0.25, -0.2) is 20.4 Å². The van der Waals surface area contributed by atoms with E-state index in [2.05, 4.69) is 28.4 Å². The largest absolute Gasteiger partial charge is 0.324 e. The molecule has 0 unspecified atom stereocenters. The molecule has 8 nitrogen and oxygen atoms in total. The standard InChI is InChI=1S/C20H24N6O2/c1-5-25(16-8-6-15(7-9-16)19(27)24-28)20-21-11-10-17(23-20)18-12-22-14(4)26(18)13(2)3/h6-13,28H,5H2,1-4H3,(H,24,27). The Hall–Kier alpha value is -3.26. The molecule has 0 saturated carbocycles.